The molecule has 1 saturated carbocycles. The highest BCUT2D eigenvalue weighted by atomic mass is 35.5. The molecule has 1 aromatic heterocycles. The molecule has 0 bridgehead atoms. The van der Waals surface area contributed by atoms with Gasteiger partial charge in [0.25, 0.3) is 5.89 Å². The summed E-state index contributed by atoms with van der Waals surface area (Å²) in [5.74, 6) is 0.345. The van der Waals surface area contributed by atoms with Crippen molar-refractivity contribution in [2.24, 2.45) is 0 Å². The Morgan fingerprint density at radius 2 is 1.57 bits per heavy atom. The lowest BCUT2D eigenvalue weighted by Crippen LogP contribution is -2.34. The molecule has 1 fully saturated rings. The quantitative estimate of drug-likeness (QED) is 0.506. The van der Waals surface area contributed by atoms with E-state index in [1.165, 1.54) is 0 Å². The highest BCUT2D eigenvalue weighted by Crippen LogP contribution is 2.42. The molecular weight excluding hydrogens is 399 g/mol. The van der Waals surface area contributed by atoms with Gasteiger partial charge in [-0.1, -0.05) is 48.2 Å². The molecule has 0 spiro atoms. The molecular formula is C21H18Cl2N2O3. The summed E-state index contributed by atoms with van der Waals surface area (Å²) in [4.78, 5) is 13.0. The summed E-state index contributed by atoms with van der Waals surface area (Å²) in [7, 11) is 0. The Kier molecular flexibility index (Phi) is 5.38. The number of benzene rings is 2. The second-order valence-electron chi connectivity index (χ2n) is 6.88. The molecule has 0 saturated heterocycles. The number of aromatic nitrogens is 2. The number of rotatable bonds is 5. The largest absolute Gasteiger partial charge is 0.455 e. The van der Waals surface area contributed by atoms with E-state index in [4.69, 9.17) is 32.4 Å². The Labute approximate surface area is 172 Å². The van der Waals surface area contributed by atoms with Crippen LogP contribution in [0.1, 0.15) is 37.1 Å². The molecule has 0 aliphatic heterocycles. The van der Waals surface area contributed by atoms with Crippen LogP contribution in [-0.2, 0) is 21.6 Å². The van der Waals surface area contributed by atoms with Crippen LogP contribution in [0.5, 0.6) is 0 Å². The standard InChI is InChI=1S/C21H18Cl2N2O3/c22-16-7-3-14(4-8-16)19-25-24-18(28-19)13-27-20(26)21(11-1-2-12-21)15-5-9-17(23)10-6-15/h3-10H,1-2,11-13H2. The molecule has 4 rings (SSSR count). The maximum absolute atomic E-state index is 13.0. The molecule has 1 aliphatic carbocycles. The summed E-state index contributed by atoms with van der Waals surface area (Å²) in [6, 6.07) is 14.5. The molecule has 0 amide bonds. The maximum atomic E-state index is 13.0. The number of halogens is 2. The lowest BCUT2D eigenvalue weighted by molar-refractivity contribution is -0.152. The van der Waals surface area contributed by atoms with Crippen molar-refractivity contribution in [1.29, 1.82) is 0 Å². The van der Waals surface area contributed by atoms with Crippen molar-refractivity contribution in [3.8, 4) is 11.5 Å². The van der Waals surface area contributed by atoms with Crippen molar-refractivity contribution < 1.29 is 13.9 Å². The van der Waals surface area contributed by atoms with E-state index < -0.39 is 5.41 Å². The van der Waals surface area contributed by atoms with Gasteiger partial charge in [-0.3, -0.25) is 4.79 Å². The summed E-state index contributed by atoms with van der Waals surface area (Å²) in [5, 5.41) is 9.26. The minimum absolute atomic E-state index is 0.0608. The van der Waals surface area contributed by atoms with Crippen molar-refractivity contribution in [3.63, 3.8) is 0 Å². The number of ether oxygens (including phenoxy) is 1. The van der Waals surface area contributed by atoms with E-state index in [2.05, 4.69) is 10.2 Å². The molecule has 3 aromatic rings. The third kappa shape index (κ3) is 3.77. The first-order valence-corrected chi connectivity index (χ1v) is 9.84. The van der Waals surface area contributed by atoms with E-state index in [-0.39, 0.29) is 18.5 Å². The zero-order valence-corrected chi connectivity index (χ0v) is 16.5. The minimum Gasteiger partial charge on any atom is -0.455 e. The van der Waals surface area contributed by atoms with Gasteiger partial charge in [0.1, 0.15) is 0 Å². The van der Waals surface area contributed by atoms with Gasteiger partial charge >= 0.3 is 5.97 Å². The van der Waals surface area contributed by atoms with Gasteiger partial charge in [-0.2, -0.15) is 0 Å². The van der Waals surface area contributed by atoms with Crippen molar-refractivity contribution in [3.05, 3.63) is 70.0 Å². The van der Waals surface area contributed by atoms with Crippen LogP contribution in [0.4, 0.5) is 0 Å². The molecule has 2 aromatic carbocycles. The first-order chi connectivity index (χ1) is 13.6. The Bertz CT molecular complexity index is 962. The predicted molar refractivity (Wildman–Crippen MR) is 106 cm³/mol. The second-order valence-corrected chi connectivity index (χ2v) is 7.75. The van der Waals surface area contributed by atoms with Crippen LogP contribution in [0, 0.1) is 0 Å². The molecule has 0 unspecified atom stereocenters. The molecule has 7 heteroatoms. The Morgan fingerprint density at radius 1 is 0.964 bits per heavy atom. The van der Waals surface area contributed by atoms with E-state index in [1.54, 1.807) is 36.4 Å². The fraction of sp³-hybridized carbons (Fsp3) is 0.286. The molecule has 0 atom stereocenters. The van der Waals surface area contributed by atoms with Crippen LogP contribution in [0.3, 0.4) is 0 Å². The van der Waals surface area contributed by atoms with Gasteiger partial charge in [-0.15, -0.1) is 10.2 Å². The SMILES string of the molecule is O=C(OCc1nnc(-c2ccc(Cl)cc2)o1)C1(c2ccc(Cl)cc2)CCCC1. The lowest BCUT2D eigenvalue weighted by atomic mass is 9.79. The zero-order valence-electron chi connectivity index (χ0n) is 15.0. The summed E-state index contributed by atoms with van der Waals surface area (Å²) in [6.07, 6.45) is 3.48. The molecule has 0 N–H and O–H groups in total. The third-order valence-corrected chi connectivity index (χ3v) is 5.63. The van der Waals surface area contributed by atoms with Gasteiger partial charge in [-0.25, -0.2) is 0 Å². The smallest absolute Gasteiger partial charge is 0.317 e. The molecule has 0 radical (unpaired) electrons. The number of hydrogen-bond donors (Lipinski definition) is 0. The summed E-state index contributed by atoms with van der Waals surface area (Å²) in [5.41, 5.74) is 1.05. The van der Waals surface area contributed by atoms with Crippen LogP contribution in [-0.4, -0.2) is 16.2 Å². The zero-order chi connectivity index (χ0) is 19.6. The van der Waals surface area contributed by atoms with Crippen LogP contribution >= 0.6 is 23.2 Å². The monoisotopic (exact) mass is 416 g/mol. The Hall–Kier alpha value is -2.37. The van der Waals surface area contributed by atoms with Crippen LogP contribution in [0.25, 0.3) is 11.5 Å². The second kappa shape index (κ2) is 7.94. The Balaban J connectivity index is 1.47. The minimum atomic E-state index is -0.635. The van der Waals surface area contributed by atoms with E-state index in [9.17, 15) is 4.79 Å². The van der Waals surface area contributed by atoms with Gasteiger partial charge < -0.3 is 9.15 Å². The normalized spacial score (nSPS) is 15.5. The van der Waals surface area contributed by atoms with Crippen molar-refractivity contribution in [1.82, 2.24) is 10.2 Å². The van der Waals surface area contributed by atoms with Gasteiger partial charge in [0.2, 0.25) is 5.89 Å². The van der Waals surface area contributed by atoms with E-state index in [0.717, 1.165) is 36.8 Å². The van der Waals surface area contributed by atoms with Gasteiger partial charge in [0.05, 0.1) is 5.41 Å². The number of esters is 1. The predicted octanol–water partition coefficient (Wildman–Crippen LogP) is 5.60. The average Bonchev–Trinajstić information content (AvgIpc) is 3.38. The van der Waals surface area contributed by atoms with Crippen LogP contribution in [0.2, 0.25) is 10.0 Å². The average molecular weight is 417 g/mol. The van der Waals surface area contributed by atoms with Crippen molar-refractivity contribution in [2.45, 2.75) is 37.7 Å². The topological polar surface area (TPSA) is 65.2 Å². The van der Waals surface area contributed by atoms with Gasteiger partial charge in [0.15, 0.2) is 6.61 Å². The Morgan fingerprint density at radius 3 is 2.21 bits per heavy atom. The first-order valence-electron chi connectivity index (χ1n) is 9.08. The van der Waals surface area contributed by atoms with Gasteiger partial charge in [0, 0.05) is 15.6 Å². The molecule has 144 valence electrons. The summed E-state index contributed by atoms with van der Waals surface area (Å²) >= 11 is 11.9. The number of hydrogen-bond acceptors (Lipinski definition) is 5. The highest BCUT2D eigenvalue weighted by Gasteiger charge is 2.44. The van der Waals surface area contributed by atoms with E-state index in [0.29, 0.717) is 15.9 Å². The molecule has 1 heterocycles. The highest BCUT2D eigenvalue weighted by molar-refractivity contribution is 6.30. The lowest BCUT2D eigenvalue weighted by Gasteiger charge is -2.27. The first kappa shape index (κ1) is 19.0. The molecule has 1 aliphatic rings. The third-order valence-electron chi connectivity index (χ3n) is 5.13. The fourth-order valence-corrected chi connectivity index (χ4v) is 3.90. The fourth-order valence-electron chi connectivity index (χ4n) is 3.64. The number of carbonyl (C=O) groups is 1. The van der Waals surface area contributed by atoms with Gasteiger partial charge in [-0.05, 0) is 54.8 Å². The van der Waals surface area contributed by atoms with Crippen molar-refractivity contribution in [2.75, 3.05) is 0 Å². The molecule has 28 heavy (non-hydrogen) atoms. The maximum Gasteiger partial charge on any atom is 0.317 e. The van der Waals surface area contributed by atoms with E-state index in [1.807, 2.05) is 12.1 Å². The van der Waals surface area contributed by atoms with E-state index >= 15 is 0 Å². The van der Waals surface area contributed by atoms with Crippen LogP contribution in [0.15, 0.2) is 52.9 Å². The van der Waals surface area contributed by atoms with Crippen molar-refractivity contribution >= 4 is 29.2 Å². The number of carbonyl (C=O) groups excluding carboxylic acids is 1. The number of nitrogens with zero attached hydrogens (tertiary/aromatic N) is 2. The van der Waals surface area contributed by atoms with Crippen LogP contribution < -0.4 is 0 Å². The summed E-state index contributed by atoms with van der Waals surface area (Å²) < 4.78 is 11.2. The summed E-state index contributed by atoms with van der Waals surface area (Å²) in [6.45, 7) is -0.0608. The molecule has 5 nitrogen and oxygen atoms in total.